The fourth-order valence-corrected chi connectivity index (χ4v) is 1.99. The lowest BCUT2D eigenvalue weighted by molar-refractivity contribution is -0.0498. The highest BCUT2D eigenvalue weighted by molar-refractivity contribution is 6.31. The number of halogens is 3. The van der Waals surface area contributed by atoms with Crippen LogP contribution in [0, 0.1) is 0 Å². The molecule has 0 aliphatic carbocycles. The summed E-state index contributed by atoms with van der Waals surface area (Å²) >= 11 is 5.77. The normalized spacial score (nSPS) is 10.5. The quantitative estimate of drug-likeness (QED) is 0.827. The topological polar surface area (TPSA) is 64.4 Å². The molecular weight excluding hydrogens is 314 g/mol. The highest BCUT2D eigenvalue weighted by Crippen LogP contribution is 2.18. The zero-order valence-corrected chi connectivity index (χ0v) is 12.1. The number of benzene rings is 2. The molecule has 0 aliphatic heterocycles. The lowest BCUT2D eigenvalue weighted by atomic mass is 10.1. The first-order valence-electron chi connectivity index (χ1n) is 6.32. The van der Waals surface area contributed by atoms with Crippen molar-refractivity contribution in [2.45, 2.75) is 13.2 Å². The van der Waals surface area contributed by atoms with Crippen molar-refractivity contribution >= 4 is 23.2 Å². The van der Waals surface area contributed by atoms with Crippen LogP contribution in [-0.4, -0.2) is 12.5 Å². The molecule has 2 rings (SSSR count). The third kappa shape index (κ3) is 4.33. The molecule has 0 radical (unpaired) electrons. The molecule has 1 amide bonds. The number of anilines is 1. The number of alkyl halides is 2. The van der Waals surface area contributed by atoms with Crippen molar-refractivity contribution < 1.29 is 18.3 Å². The molecule has 22 heavy (non-hydrogen) atoms. The van der Waals surface area contributed by atoms with E-state index in [0.29, 0.717) is 10.6 Å². The van der Waals surface area contributed by atoms with Crippen molar-refractivity contribution in [2.24, 2.45) is 0 Å². The van der Waals surface area contributed by atoms with E-state index in [4.69, 9.17) is 17.3 Å². The number of nitrogen functional groups attached to an aromatic ring is 1. The molecular formula is C15H13ClF2N2O2. The Bertz CT molecular complexity index is 663. The van der Waals surface area contributed by atoms with Crippen LogP contribution in [-0.2, 0) is 6.54 Å². The molecule has 7 heteroatoms. The maximum atomic E-state index is 12.0. The van der Waals surface area contributed by atoms with Crippen LogP contribution in [0.5, 0.6) is 5.75 Å². The molecule has 0 atom stereocenters. The molecule has 0 bridgehead atoms. The van der Waals surface area contributed by atoms with E-state index in [1.54, 1.807) is 18.2 Å². The maximum Gasteiger partial charge on any atom is 0.387 e. The van der Waals surface area contributed by atoms with Gasteiger partial charge in [-0.15, -0.1) is 0 Å². The van der Waals surface area contributed by atoms with Gasteiger partial charge in [0.25, 0.3) is 5.91 Å². The first kappa shape index (κ1) is 16.0. The predicted octanol–water partition coefficient (Wildman–Crippen LogP) is 3.45. The molecule has 2 aromatic rings. The van der Waals surface area contributed by atoms with E-state index in [-0.39, 0.29) is 23.9 Å². The Morgan fingerprint density at radius 1 is 1.23 bits per heavy atom. The summed E-state index contributed by atoms with van der Waals surface area (Å²) in [4.78, 5) is 12.0. The number of carbonyl (C=O) groups excluding carboxylic acids is 1. The molecule has 0 heterocycles. The molecule has 3 N–H and O–H groups in total. The maximum absolute atomic E-state index is 12.0. The first-order valence-corrected chi connectivity index (χ1v) is 6.70. The average molecular weight is 327 g/mol. The van der Waals surface area contributed by atoms with E-state index in [9.17, 15) is 13.6 Å². The lowest BCUT2D eigenvalue weighted by Crippen LogP contribution is -2.23. The second kappa shape index (κ2) is 7.09. The number of rotatable bonds is 5. The Balaban J connectivity index is 1.96. The van der Waals surface area contributed by atoms with Gasteiger partial charge in [0.15, 0.2) is 0 Å². The van der Waals surface area contributed by atoms with E-state index in [1.807, 2.05) is 0 Å². The fourth-order valence-electron chi connectivity index (χ4n) is 1.81. The molecule has 0 aromatic heterocycles. The minimum atomic E-state index is -2.86. The van der Waals surface area contributed by atoms with Gasteiger partial charge >= 0.3 is 6.61 Å². The summed E-state index contributed by atoms with van der Waals surface area (Å²) in [6, 6.07) is 10.6. The zero-order valence-electron chi connectivity index (χ0n) is 11.4. The SMILES string of the molecule is Nc1cc(Cl)ccc1C(=O)NCc1ccc(OC(F)F)cc1. The van der Waals surface area contributed by atoms with Gasteiger partial charge in [0.1, 0.15) is 5.75 Å². The van der Waals surface area contributed by atoms with Crippen LogP contribution in [0.2, 0.25) is 5.02 Å². The van der Waals surface area contributed by atoms with E-state index in [0.717, 1.165) is 5.56 Å². The Kier molecular flexibility index (Phi) is 5.16. The zero-order chi connectivity index (χ0) is 16.1. The summed E-state index contributed by atoms with van der Waals surface area (Å²) in [5.41, 5.74) is 7.07. The highest BCUT2D eigenvalue weighted by Gasteiger charge is 2.10. The van der Waals surface area contributed by atoms with Crippen LogP contribution in [0.1, 0.15) is 15.9 Å². The van der Waals surface area contributed by atoms with Crippen LogP contribution in [0.3, 0.4) is 0 Å². The second-order valence-electron chi connectivity index (χ2n) is 4.44. The van der Waals surface area contributed by atoms with Crippen molar-refractivity contribution in [2.75, 3.05) is 5.73 Å². The number of ether oxygens (including phenoxy) is 1. The van der Waals surface area contributed by atoms with E-state index >= 15 is 0 Å². The Labute approximate surface area is 130 Å². The molecule has 4 nitrogen and oxygen atoms in total. The van der Waals surface area contributed by atoms with Crippen molar-refractivity contribution in [3.63, 3.8) is 0 Å². The minimum Gasteiger partial charge on any atom is -0.435 e. The van der Waals surface area contributed by atoms with Crippen molar-refractivity contribution in [3.8, 4) is 5.75 Å². The third-order valence-corrected chi connectivity index (χ3v) is 3.09. The number of hydrogen-bond donors (Lipinski definition) is 2. The van der Waals surface area contributed by atoms with Crippen molar-refractivity contribution in [3.05, 3.63) is 58.6 Å². The molecule has 0 aliphatic rings. The Hall–Kier alpha value is -2.34. The Morgan fingerprint density at radius 3 is 2.50 bits per heavy atom. The highest BCUT2D eigenvalue weighted by atomic mass is 35.5. The minimum absolute atomic E-state index is 0.0621. The van der Waals surface area contributed by atoms with Gasteiger partial charge in [-0.05, 0) is 35.9 Å². The fraction of sp³-hybridized carbons (Fsp3) is 0.133. The van der Waals surface area contributed by atoms with Crippen LogP contribution in [0.25, 0.3) is 0 Å². The summed E-state index contributed by atoms with van der Waals surface area (Å²) in [6.45, 7) is -2.63. The number of nitrogens with two attached hydrogens (primary N) is 1. The predicted molar refractivity (Wildman–Crippen MR) is 80.1 cm³/mol. The number of amides is 1. The summed E-state index contributed by atoms with van der Waals surface area (Å²) in [5.74, 6) is -0.283. The van der Waals surface area contributed by atoms with Crippen molar-refractivity contribution in [1.82, 2.24) is 5.32 Å². The second-order valence-corrected chi connectivity index (χ2v) is 4.87. The first-order chi connectivity index (χ1) is 10.5. The summed E-state index contributed by atoms with van der Waals surface area (Å²) < 4.78 is 28.3. The van der Waals surface area contributed by atoms with Gasteiger partial charge in [0.05, 0.1) is 5.56 Å². The smallest absolute Gasteiger partial charge is 0.387 e. The van der Waals surface area contributed by atoms with Crippen LogP contribution in [0.4, 0.5) is 14.5 Å². The molecule has 0 unspecified atom stereocenters. The van der Waals surface area contributed by atoms with Crippen LogP contribution >= 0.6 is 11.6 Å². The molecule has 0 saturated carbocycles. The average Bonchev–Trinajstić information content (AvgIpc) is 2.45. The van der Waals surface area contributed by atoms with Gasteiger partial charge in [-0.25, -0.2) is 0 Å². The van der Waals surface area contributed by atoms with Gasteiger partial charge < -0.3 is 15.8 Å². The van der Waals surface area contributed by atoms with Gasteiger partial charge in [0.2, 0.25) is 0 Å². The molecule has 0 spiro atoms. The summed E-state index contributed by atoms with van der Waals surface area (Å²) in [7, 11) is 0. The summed E-state index contributed by atoms with van der Waals surface area (Å²) in [6.07, 6.45) is 0. The lowest BCUT2D eigenvalue weighted by Gasteiger charge is -2.09. The van der Waals surface area contributed by atoms with Crippen LogP contribution < -0.4 is 15.8 Å². The summed E-state index contributed by atoms with van der Waals surface area (Å²) in [5, 5.41) is 3.13. The molecule has 0 saturated heterocycles. The third-order valence-electron chi connectivity index (χ3n) is 2.86. The van der Waals surface area contributed by atoms with Gasteiger partial charge in [-0.1, -0.05) is 23.7 Å². The molecule has 116 valence electrons. The Morgan fingerprint density at radius 2 is 1.91 bits per heavy atom. The van der Waals surface area contributed by atoms with E-state index < -0.39 is 6.61 Å². The number of nitrogens with one attached hydrogen (secondary N) is 1. The largest absolute Gasteiger partial charge is 0.435 e. The number of carbonyl (C=O) groups is 1. The van der Waals surface area contributed by atoms with Gasteiger partial charge in [-0.2, -0.15) is 8.78 Å². The monoisotopic (exact) mass is 326 g/mol. The molecule has 2 aromatic carbocycles. The number of hydrogen-bond acceptors (Lipinski definition) is 3. The van der Waals surface area contributed by atoms with Crippen LogP contribution in [0.15, 0.2) is 42.5 Å². The standard InChI is InChI=1S/C15H13ClF2N2O2/c16-10-3-6-12(13(19)7-10)14(21)20-8-9-1-4-11(5-2-9)22-15(17)18/h1-7,15H,8,19H2,(H,20,21). The van der Waals surface area contributed by atoms with E-state index in [2.05, 4.69) is 10.1 Å². The molecule has 0 fully saturated rings. The van der Waals surface area contributed by atoms with Gasteiger partial charge in [0, 0.05) is 17.3 Å². The van der Waals surface area contributed by atoms with E-state index in [1.165, 1.54) is 24.3 Å². The van der Waals surface area contributed by atoms with Crippen molar-refractivity contribution in [1.29, 1.82) is 0 Å². The van der Waals surface area contributed by atoms with Gasteiger partial charge in [-0.3, -0.25) is 4.79 Å².